The van der Waals surface area contributed by atoms with Crippen molar-refractivity contribution >= 4 is 13.0 Å². The van der Waals surface area contributed by atoms with Gasteiger partial charge in [-0.05, 0) is 143 Å². The van der Waals surface area contributed by atoms with Crippen LogP contribution in [0.5, 0.6) is 17.2 Å². The van der Waals surface area contributed by atoms with Crippen LogP contribution in [0.2, 0.25) is 0 Å². The number of hydrogen-bond acceptors (Lipinski definition) is 4. The van der Waals surface area contributed by atoms with E-state index in [0.717, 1.165) is 74.9 Å². The normalized spacial score (nSPS) is 14.3. The average Bonchev–Trinajstić information content (AvgIpc) is 3.65. The molecule has 0 unspecified atom stereocenters. The van der Waals surface area contributed by atoms with Gasteiger partial charge in [-0.15, -0.1) is 0 Å². The summed E-state index contributed by atoms with van der Waals surface area (Å²) in [6.07, 6.45) is 17.3. The van der Waals surface area contributed by atoms with Crippen molar-refractivity contribution in [3.63, 3.8) is 0 Å². The fourth-order valence-corrected chi connectivity index (χ4v) is 11.8. The van der Waals surface area contributed by atoms with Crippen molar-refractivity contribution in [2.24, 2.45) is 0 Å². The fourth-order valence-electron chi connectivity index (χ4n) is 11.8. The average molecular weight is 1150 g/mol. The molecule has 6 aromatic rings. The summed E-state index contributed by atoms with van der Waals surface area (Å²) in [5.41, 5.74) is -6.50. The first-order valence-corrected chi connectivity index (χ1v) is 29.4. The lowest BCUT2D eigenvalue weighted by molar-refractivity contribution is 0.287. The molecule has 1 N–H and O–H groups in total. The smallest absolute Gasteiger partial charge is 0.487 e. The Balaban J connectivity index is 1.12. The van der Waals surface area contributed by atoms with Gasteiger partial charge in [-0.25, -0.2) is 52.7 Å². The molecule has 6 aromatic carbocycles. The van der Waals surface area contributed by atoms with Gasteiger partial charge in [0.05, 0.1) is 22.4 Å². The zero-order valence-corrected chi connectivity index (χ0v) is 46.3. The third-order valence-corrected chi connectivity index (χ3v) is 16.3. The van der Waals surface area contributed by atoms with Gasteiger partial charge in [0.2, 0.25) is 0 Å². The van der Waals surface area contributed by atoms with E-state index < -0.39 is 133 Å². The van der Waals surface area contributed by atoms with Crippen LogP contribution in [0.3, 0.4) is 0 Å². The van der Waals surface area contributed by atoms with E-state index in [1.54, 1.807) is 0 Å². The molecule has 0 spiro atoms. The maximum absolute atomic E-state index is 17.6. The predicted molar refractivity (Wildman–Crippen MR) is 296 cm³/mol. The summed E-state index contributed by atoms with van der Waals surface area (Å²) in [5.74, 6) is -17.9. The van der Waals surface area contributed by atoms with Crippen LogP contribution in [0.1, 0.15) is 175 Å². The number of unbranched alkanes of at least 4 members (excludes halogenated alkanes) is 11. The number of fused-ring (bicyclic) bond motifs is 6. The third-order valence-electron chi connectivity index (χ3n) is 16.3. The van der Waals surface area contributed by atoms with Gasteiger partial charge in [-0.3, -0.25) is 0 Å². The highest BCUT2D eigenvalue weighted by atomic mass is 19.2. The number of nitrogens with one attached hydrogen (secondary N) is 1. The van der Waals surface area contributed by atoms with E-state index in [4.69, 9.17) is 14.0 Å². The van der Waals surface area contributed by atoms with E-state index >= 15 is 52.7 Å². The van der Waals surface area contributed by atoms with Crippen LogP contribution in [-0.4, -0.2) is 13.9 Å². The summed E-state index contributed by atoms with van der Waals surface area (Å²) in [5, 5.41) is 2.94. The van der Waals surface area contributed by atoms with Crippen molar-refractivity contribution in [1.29, 1.82) is 0 Å². The van der Waals surface area contributed by atoms with E-state index in [2.05, 4.69) is 12.2 Å². The Hall–Kier alpha value is -6.26. The van der Waals surface area contributed by atoms with Crippen molar-refractivity contribution in [2.45, 2.75) is 180 Å². The van der Waals surface area contributed by atoms with Gasteiger partial charge in [0, 0.05) is 46.0 Å². The SMILES string of the molecule is CCCCCCCCCCCCCCNc1cc(OB(Oc2ccc(F)c(-c3cc4c(F)c(c3F)CCCCC4)c2F)Oc2ccc(F)c(-c3cc4c(F)c(c3F)CCCCC4)c2F)c(F)c(-c2cc3c(F)c(c2F)CCCCC3)c1F. The number of aryl methyl sites for hydroxylation is 3. The summed E-state index contributed by atoms with van der Waals surface area (Å²) < 4.78 is 215. The lowest BCUT2D eigenvalue weighted by atomic mass is 9.90. The number of anilines is 1. The van der Waals surface area contributed by atoms with Crippen LogP contribution in [0.4, 0.5) is 58.4 Å². The molecule has 0 saturated heterocycles. The first kappa shape index (κ1) is 60.3. The Morgan fingerprint density at radius 1 is 0.354 bits per heavy atom. The number of benzene rings is 6. The van der Waals surface area contributed by atoms with Gasteiger partial charge in [0.1, 0.15) is 63.8 Å². The number of hydrogen-bond donors (Lipinski definition) is 1. The van der Waals surface area contributed by atoms with Crippen molar-refractivity contribution < 1.29 is 66.6 Å². The molecule has 0 radical (unpaired) electrons. The topological polar surface area (TPSA) is 39.7 Å². The van der Waals surface area contributed by atoms with Gasteiger partial charge < -0.3 is 19.3 Å². The monoisotopic (exact) mass is 1150 g/mol. The van der Waals surface area contributed by atoms with Crippen LogP contribution >= 0.6 is 0 Å². The Bertz CT molecular complexity index is 3130. The van der Waals surface area contributed by atoms with Crippen LogP contribution in [0, 0.1) is 69.8 Å². The van der Waals surface area contributed by atoms with Crippen molar-refractivity contribution in [2.75, 3.05) is 11.9 Å². The Labute approximate surface area is 472 Å². The third kappa shape index (κ3) is 13.4. The highest BCUT2D eigenvalue weighted by Crippen LogP contribution is 2.44. The predicted octanol–water partition coefficient (Wildman–Crippen LogP) is 19.8. The summed E-state index contributed by atoms with van der Waals surface area (Å²) >= 11 is 0. The van der Waals surface area contributed by atoms with Gasteiger partial charge in [-0.1, -0.05) is 96.8 Å². The zero-order valence-electron chi connectivity index (χ0n) is 46.3. The lowest BCUT2D eigenvalue weighted by Crippen LogP contribution is -2.38. The van der Waals surface area contributed by atoms with Crippen molar-refractivity contribution in [3.8, 4) is 50.6 Å². The van der Waals surface area contributed by atoms with Gasteiger partial charge >= 0.3 is 7.32 Å². The van der Waals surface area contributed by atoms with Gasteiger partial charge in [0.25, 0.3) is 0 Å². The molecular formula is C65H68BF12NO3. The molecular weight excluding hydrogens is 1080 g/mol. The quantitative estimate of drug-likeness (QED) is 0.0394. The molecule has 17 heteroatoms. The minimum absolute atomic E-state index is 0.0113. The summed E-state index contributed by atoms with van der Waals surface area (Å²) in [7, 11) is -2.66. The van der Waals surface area contributed by atoms with Gasteiger partial charge in [0.15, 0.2) is 23.3 Å². The van der Waals surface area contributed by atoms with Crippen LogP contribution < -0.4 is 19.3 Å². The summed E-state index contributed by atoms with van der Waals surface area (Å²) in [6, 6.07) is 6.67. The number of rotatable bonds is 23. The molecule has 438 valence electrons. The maximum Gasteiger partial charge on any atom is 0.864 e. The van der Waals surface area contributed by atoms with Crippen LogP contribution in [-0.2, 0) is 38.5 Å². The molecule has 3 aliphatic carbocycles. The molecule has 0 saturated carbocycles. The molecule has 0 aliphatic heterocycles. The first-order valence-electron chi connectivity index (χ1n) is 29.4. The molecule has 9 rings (SSSR count). The minimum Gasteiger partial charge on any atom is -0.487 e. The molecule has 4 nitrogen and oxygen atoms in total. The summed E-state index contributed by atoms with van der Waals surface area (Å²) in [4.78, 5) is 0. The Morgan fingerprint density at radius 2 is 0.707 bits per heavy atom. The minimum atomic E-state index is -2.66. The molecule has 0 aromatic heterocycles. The molecule has 3 aliphatic rings. The van der Waals surface area contributed by atoms with E-state index in [1.165, 1.54) is 32.1 Å². The second kappa shape index (κ2) is 27.9. The fraction of sp³-hybridized carbons (Fsp3) is 0.446. The van der Waals surface area contributed by atoms with Crippen molar-refractivity contribution in [1.82, 2.24) is 0 Å². The Morgan fingerprint density at radius 3 is 1.12 bits per heavy atom. The highest BCUT2D eigenvalue weighted by molar-refractivity contribution is 6.39. The zero-order chi connectivity index (χ0) is 58.0. The largest absolute Gasteiger partial charge is 0.864 e. The molecule has 0 amide bonds. The van der Waals surface area contributed by atoms with E-state index in [0.29, 0.717) is 76.3 Å². The molecule has 0 heterocycles. The van der Waals surface area contributed by atoms with Crippen molar-refractivity contribution in [3.05, 3.63) is 152 Å². The van der Waals surface area contributed by atoms with Crippen LogP contribution in [0.25, 0.3) is 33.4 Å². The Kier molecular flexibility index (Phi) is 20.5. The standard InChI is InChI=1S/C65H68BF12NO3/c1-2-3-4-5-6-7-8-9-10-11-12-22-33-79-49-37-52(65(78)55(62(49)75)46-36-40-25-18-15-21-28-43(58(40)71)61(46)74)82-66(80-50-31-29-47(67)53(63(50)76)44-34-38-23-16-13-19-26-41(56(38)69)59(44)72)81-51-32-30-48(68)54(64(51)77)45-35-39-24-17-14-20-27-42(57(39)70)60(45)73/h29-32,34-37,79H,2-28,33H2,1H3. The summed E-state index contributed by atoms with van der Waals surface area (Å²) in [6.45, 7) is 2.30. The molecule has 0 fully saturated rings. The van der Waals surface area contributed by atoms with E-state index in [-0.39, 0.29) is 78.5 Å². The van der Waals surface area contributed by atoms with E-state index in [1.807, 2.05) is 0 Å². The highest BCUT2D eigenvalue weighted by Gasteiger charge is 2.38. The molecule has 6 bridgehead atoms. The lowest BCUT2D eigenvalue weighted by Gasteiger charge is -2.22. The molecule has 0 atom stereocenters. The van der Waals surface area contributed by atoms with E-state index in [9.17, 15) is 0 Å². The first-order chi connectivity index (χ1) is 39.7. The number of halogens is 12. The maximum atomic E-state index is 17.6. The van der Waals surface area contributed by atoms with Crippen LogP contribution in [0.15, 0.2) is 48.5 Å². The second-order valence-corrected chi connectivity index (χ2v) is 22.1. The molecule has 82 heavy (non-hydrogen) atoms. The second-order valence-electron chi connectivity index (χ2n) is 22.1. The van der Waals surface area contributed by atoms with Gasteiger partial charge in [-0.2, -0.15) is 0 Å².